The Hall–Kier alpha value is -2.20. The molecule has 0 spiro atoms. The predicted octanol–water partition coefficient (Wildman–Crippen LogP) is 2.06. The van der Waals surface area contributed by atoms with Gasteiger partial charge in [0.25, 0.3) is 5.91 Å². The normalized spacial score (nSPS) is 11.9. The van der Waals surface area contributed by atoms with Gasteiger partial charge in [-0.05, 0) is 24.6 Å². The highest BCUT2D eigenvalue weighted by atomic mass is 16.3. The Morgan fingerprint density at radius 2 is 1.89 bits per heavy atom. The van der Waals surface area contributed by atoms with Crippen LogP contribution in [-0.4, -0.2) is 22.8 Å². The van der Waals surface area contributed by atoms with E-state index in [9.17, 15) is 9.90 Å². The van der Waals surface area contributed by atoms with Crippen molar-refractivity contribution in [2.45, 2.75) is 19.4 Å². The zero-order chi connectivity index (χ0) is 13.9. The van der Waals surface area contributed by atoms with Crippen molar-refractivity contribution in [1.82, 2.24) is 5.43 Å². The lowest BCUT2D eigenvalue weighted by atomic mass is 10.1. The monoisotopic (exact) mass is 256 g/mol. The van der Waals surface area contributed by atoms with E-state index >= 15 is 0 Å². The van der Waals surface area contributed by atoms with Gasteiger partial charge in [-0.3, -0.25) is 4.79 Å². The second-order valence-corrected chi connectivity index (χ2v) is 4.83. The molecule has 0 heterocycles. The average Bonchev–Trinajstić information content (AvgIpc) is 2.38. The van der Waals surface area contributed by atoms with Crippen LogP contribution in [0.2, 0.25) is 0 Å². The van der Waals surface area contributed by atoms with E-state index in [4.69, 9.17) is 0 Å². The molecule has 19 heavy (non-hydrogen) atoms. The van der Waals surface area contributed by atoms with Crippen LogP contribution in [0.3, 0.4) is 0 Å². The number of hydrogen-bond donors (Lipinski definition) is 2. The molecular weight excluding hydrogens is 240 g/mol. The van der Waals surface area contributed by atoms with Crippen molar-refractivity contribution in [2.24, 2.45) is 5.10 Å². The fourth-order valence-electron chi connectivity index (χ4n) is 1.66. The second kappa shape index (κ2) is 5.20. The van der Waals surface area contributed by atoms with Gasteiger partial charge in [-0.2, -0.15) is 5.10 Å². The zero-order valence-corrected chi connectivity index (χ0v) is 10.9. The molecule has 2 rings (SSSR count). The topological polar surface area (TPSA) is 61.7 Å². The van der Waals surface area contributed by atoms with Crippen LogP contribution in [0.4, 0.5) is 0 Å². The molecule has 0 aliphatic carbocycles. The molecule has 2 N–H and O–H groups in total. The number of hydrogen-bond acceptors (Lipinski definition) is 3. The number of amides is 1. The summed E-state index contributed by atoms with van der Waals surface area (Å²) in [6, 6.07) is 13.8. The lowest BCUT2D eigenvalue weighted by molar-refractivity contribution is -0.136. The molecule has 0 bridgehead atoms. The Balaban J connectivity index is 2.20. The highest BCUT2D eigenvalue weighted by Gasteiger charge is 2.22. The second-order valence-electron chi connectivity index (χ2n) is 4.83. The van der Waals surface area contributed by atoms with Crippen molar-refractivity contribution in [2.75, 3.05) is 0 Å². The third-order valence-electron chi connectivity index (χ3n) is 2.75. The first-order chi connectivity index (χ1) is 8.98. The van der Waals surface area contributed by atoms with E-state index in [1.54, 1.807) is 6.21 Å². The number of rotatable bonds is 3. The van der Waals surface area contributed by atoms with Crippen molar-refractivity contribution in [3.8, 4) is 0 Å². The minimum absolute atomic E-state index is 0.538. The minimum atomic E-state index is -1.43. The van der Waals surface area contributed by atoms with Crippen LogP contribution in [0.25, 0.3) is 10.8 Å². The summed E-state index contributed by atoms with van der Waals surface area (Å²) in [5.74, 6) is -0.538. The highest BCUT2D eigenvalue weighted by Crippen LogP contribution is 2.16. The number of fused-ring (bicyclic) bond motifs is 1. The maximum absolute atomic E-state index is 11.4. The van der Waals surface area contributed by atoms with Crippen molar-refractivity contribution < 1.29 is 9.90 Å². The molecule has 0 saturated carbocycles. The fraction of sp³-hybridized carbons (Fsp3) is 0.200. The summed E-state index contributed by atoms with van der Waals surface area (Å²) in [6.07, 6.45) is 1.58. The van der Waals surface area contributed by atoms with Crippen LogP contribution < -0.4 is 5.43 Å². The molecular formula is C15H16N2O2. The van der Waals surface area contributed by atoms with Crippen LogP contribution in [0.15, 0.2) is 47.6 Å². The summed E-state index contributed by atoms with van der Waals surface area (Å²) >= 11 is 0. The lowest BCUT2D eigenvalue weighted by Gasteiger charge is -2.13. The molecule has 0 radical (unpaired) electrons. The lowest BCUT2D eigenvalue weighted by Crippen LogP contribution is -2.39. The number of hydrazone groups is 1. The highest BCUT2D eigenvalue weighted by molar-refractivity contribution is 6.00. The van der Waals surface area contributed by atoms with Gasteiger partial charge in [-0.25, -0.2) is 5.43 Å². The molecule has 0 fully saturated rings. The van der Waals surface area contributed by atoms with Crippen LogP contribution >= 0.6 is 0 Å². The molecule has 4 heteroatoms. The number of carbonyl (C=O) groups excluding carboxylic acids is 1. The standard InChI is InChI=1S/C15H16N2O2/c1-15(2,19)14(18)17-16-10-12-8-5-7-11-6-3-4-9-13(11)12/h3-10,19H,1-2H3,(H,17,18)/b16-10+. The van der Waals surface area contributed by atoms with Gasteiger partial charge in [0.15, 0.2) is 0 Å². The molecule has 98 valence electrons. The van der Waals surface area contributed by atoms with Crippen LogP contribution in [0.5, 0.6) is 0 Å². The minimum Gasteiger partial charge on any atom is -0.381 e. The molecule has 2 aromatic carbocycles. The maximum atomic E-state index is 11.4. The number of carbonyl (C=O) groups is 1. The first-order valence-corrected chi connectivity index (χ1v) is 6.02. The molecule has 0 aromatic heterocycles. The van der Waals surface area contributed by atoms with Crippen molar-refractivity contribution in [1.29, 1.82) is 0 Å². The molecule has 0 aliphatic heterocycles. The van der Waals surface area contributed by atoms with Gasteiger partial charge >= 0.3 is 0 Å². The Bertz CT molecular complexity index is 622. The van der Waals surface area contributed by atoms with Gasteiger partial charge in [-0.1, -0.05) is 42.5 Å². The Labute approximate surface area is 111 Å². The zero-order valence-electron chi connectivity index (χ0n) is 10.9. The van der Waals surface area contributed by atoms with Gasteiger partial charge < -0.3 is 5.11 Å². The van der Waals surface area contributed by atoms with Gasteiger partial charge in [-0.15, -0.1) is 0 Å². The summed E-state index contributed by atoms with van der Waals surface area (Å²) in [7, 11) is 0. The SMILES string of the molecule is CC(C)(O)C(=O)N/N=C/c1cccc2ccccc12. The van der Waals surface area contributed by atoms with E-state index in [0.29, 0.717) is 0 Å². The van der Waals surface area contributed by atoms with E-state index in [1.165, 1.54) is 13.8 Å². The number of benzene rings is 2. The molecule has 1 amide bonds. The largest absolute Gasteiger partial charge is 0.381 e. The number of aliphatic hydroxyl groups is 1. The molecule has 4 nitrogen and oxygen atoms in total. The number of nitrogens with one attached hydrogen (secondary N) is 1. The average molecular weight is 256 g/mol. The molecule has 0 atom stereocenters. The molecule has 2 aromatic rings. The molecule has 0 saturated heterocycles. The third kappa shape index (κ3) is 3.17. The molecule has 0 aliphatic rings. The van der Waals surface area contributed by atoms with Crippen molar-refractivity contribution in [3.63, 3.8) is 0 Å². The van der Waals surface area contributed by atoms with Gasteiger partial charge in [0.1, 0.15) is 5.60 Å². The van der Waals surface area contributed by atoms with Crippen LogP contribution in [0, 0.1) is 0 Å². The van der Waals surface area contributed by atoms with Crippen molar-refractivity contribution in [3.05, 3.63) is 48.0 Å². The van der Waals surface area contributed by atoms with Gasteiger partial charge in [0, 0.05) is 5.56 Å². The van der Waals surface area contributed by atoms with E-state index < -0.39 is 11.5 Å². The summed E-state index contributed by atoms with van der Waals surface area (Å²) in [5.41, 5.74) is 1.79. The van der Waals surface area contributed by atoms with Crippen molar-refractivity contribution >= 4 is 22.9 Å². The molecule has 0 unspecified atom stereocenters. The third-order valence-corrected chi connectivity index (χ3v) is 2.75. The summed E-state index contributed by atoms with van der Waals surface area (Å²) in [6.45, 7) is 2.82. The summed E-state index contributed by atoms with van der Waals surface area (Å²) < 4.78 is 0. The first kappa shape index (κ1) is 13.2. The predicted molar refractivity (Wildman–Crippen MR) is 76.0 cm³/mol. The quantitative estimate of drug-likeness (QED) is 0.652. The van der Waals surface area contributed by atoms with E-state index in [1.807, 2.05) is 42.5 Å². The summed E-state index contributed by atoms with van der Waals surface area (Å²) in [4.78, 5) is 11.4. The van der Waals surface area contributed by atoms with E-state index in [-0.39, 0.29) is 0 Å². The smallest absolute Gasteiger partial charge is 0.271 e. The summed E-state index contributed by atoms with van der Waals surface area (Å²) in [5, 5.41) is 15.5. The first-order valence-electron chi connectivity index (χ1n) is 6.02. The van der Waals surface area contributed by atoms with E-state index in [0.717, 1.165) is 16.3 Å². The number of nitrogens with zero attached hydrogens (tertiary/aromatic N) is 1. The van der Waals surface area contributed by atoms with Crippen LogP contribution in [0.1, 0.15) is 19.4 Å². The van der Waals surface area contributed by atoms with Gasteiger partial charge in [0.05, 0.1) is 6.21 Å². The van der Waals surface area contributed by atoms with Crippen LogP contribution in [-0.2, 0) is 4.79 Å². The Kier molecular flexibility index (Phi) is 3.62. The Morgan fingerprint density at radius 3 is 2.63 bits per heavy atom. The Morgan fingerprint density at radius 1 is 1.21 bits per heavy atom. The van der Waals surface area contributed by atoms with Gasteiger partial charge in [0.2, 0.25) is 0 Å². The van der Waals surface area contributed by atoms with E-state index in [2.05, 4.69) is 10.5 Å². The maximum Gasteiger partial charge on any atom is 0.271 e. The fourth-order valence-corrected chi connectivity index (χ4v) is 1.66.